The van der Waals surface area contributed by atoms with Gasteiger partial charge in [-0.05, 0) is 29.5 Å². The molecule has 0 aliphatic rings. The molecule has 0 spiro atoms. The highest BCUT2D eigenvalue weighted by Gasteiger charge is 2.15. The van der Waals surface area contributed by atoms with Crippen LogP contribution >= 0.6 is 12.2 Å². The van der Waals surface area contributed by atoms with Crippen molar-refractivity contribution in [3.05, 3.63) is 35.6 Å². The summed E-state index contributed by atoms with van der Waals surface area (Å²) in [6.07, 6.45) is 1.32. The van der Waals surface area contributed by atoms with Crippen LogP contribution in [0.25, 0.3) is 0 Å². The number of carbonyl (C=O) groups excluding carboxylic acids is 1. The van der Waals surface area contributed by atoms with Gasteiger partial charge in [-0.25, -0.2) is 4.39 Å². The van der Waals surface area contributed by atoms with Gasteiger partial charge >= 0.3 is 0 Å². The van der Waals surface area contributed by atoms with Crippen LogP contribution in [0.15, 0.2) is 24.3 Å². The van der Waals surface area contributed by atoms with Crippen molar-refractivity contribution in [2.45, 2.75) is 40.0 Å². The summed E-state index contributed by atoms with van der Waals surface area (Å²) in [6, 6.07) is 6.14. The molecule has 0 amide bonds. The maximum atomic E-state index is 13.0. The first-order chi connectivity index (χ1) is 8.26. The Labute approximate surface area is 113 Å². The molecule has 0 bridgehead atoms. The van der Waals surface area contributed by atoms with E-state index in [0.29, 0.717) is 12.0 Å². The van der Waals surface area contributed by atoms with Gasteiger partial charge in [0.15, 0.2) is 0 Å². The van der Waals surface area contributed by atoms with Crippen molar-refractivity contribution in [3.63, 3.8) is 0 Å². The molecule has 0 atom stereocenters. The first-order valence-corrected chi connectivity index (χ1v) is 6.45. The Morgan fingerprint density at radius 3 is 2.56 bits per heavy atom. The van der Waals surface area contributed by atoms with E-state index in [2.05, 4.69) is 20.8 Å². The quantitative estimate of drug-likeness (QED) is 0.745. The Balaban J connectivity index is 2.50. The van der Waals surface area contributed by atoms with Crippen molar-refractivity contribution < 1.29 is 9.18 Å². The van der Waals surface area contributed by atoms with Gasteiger partial charge in [-0.1, -0.05) is 45.1 Å². The fourth-order valence-corrected chi connectivity index (χ4v) is 2.41. The lowest BCUT2D eigenvalue weighted by molar-refractivity contribution is -0.117. The second-order valence-corrected chi connectivity index (χ2v) is 6.38. The molecule has 1 rings (SSSR count). The van der Waals surface area contributed by atoms with Crippen LogP contribution in [0.3, 0.4) is 0 Å². The number of hydrogen-bond donors (Lipinski definition) is 0. The standard InChI is InChI=1S/C15H19FOS/c1-15(2,3)10-14(18)9-13(17)8-11-5-4-6-12(16)7-11/h4-7H,8-10H2,1-3H3. The molecular weight excluding hydrogens is 247 g/mol. The molecule has 3 heteroatoms. The van der Waals surface area contributed by atoms with E-state index >= 15 is 0 Å². The molecular formula is C15H19FOS. The Hall–Kier alpha value is -1.09. The highest BCUT2D eigenvalue weighted by Crippen LogP contribution is 2.20. The molecule has 0 N–H and O–H groups in total. The molecule has 0 saturated carbocycles. The number of rotatable bonds is 5. The van der Waals surface area contributed by atoms with Crippen molar-refractivity contribution in [1.82, 2.24) is 0 Å². The summed E-state index contributed by atoms with van der Waals surface area (Å²) in [5.41, 5.74) is 0.814. The summed E-state index contributed by atoms with van der Waals surface area (Å²) in [5.74, 6) is -0.257. The minimum Gasteiger partial charge on any atom is -0.299 e. The molecule has 0 aliphatic carbocycles. The minimum absolute atomic E-state index is 0.0508. The van der Waals surface area contributed by atoms with Gasteiger partial charge in [-0.15, -0.1) is 0 Å². The third kappa shape index (κ3) is 6.01. The van der Waals surface area contributed by atoms with Gasteiger partial charge in [0.2, 0.25) is 0 Å². The lowest BCUT2D eigenvalue weighted by atomic mass is 9.89. The van der Waals surface area contributed by atoms with Gasteiger partial charge in [0, 0.05) is 17.7 Å². The van der Waals surface area contributed by atoms with Gasteiger partial charge in [0.05, 0.1) is 0 Å². The number of hydrogen-bond acceptors (Lipinski definition) is 2. The molecule has 1 aromatic rings. The first-order valence-electron chi connectivity index (χ1n) is 6.04. The zero-order valence-corrected chi connectivity index (χ0v) is 11.9. The van der Waals surface area contributed by atoms with E-state index in [-0.39, 0.29) is 23.4 Å². The number of halogens is 1. The van der Waals surface area contributed by atoms with E-state index in [1.54, 1.807) is 12.1 Å². The number of ketones is 1. The van der Waals surface area contributed by atoms with E-state index in [1.165, 1.54) is 12.1 Å². The smallest absolute Gasteiger partial charge is 0.142 e. The molecule has 98 valence electrons. The number of benzene rings is 1. The predicted molar refractivity (Wildman–Crippen MR) is 76.4 cm³/mol. The van der Waals surface area contributed by atoms with E-state index in [9.17, 15) is 9.18 Å². The lowest BCUT2D eigenvalue weighted by Crippen LogP contribution is -2.15. The molecule has 0 aliphatic heterocycles. The van der Waals surface area contributed by atoms with Crippen molar-refractivity contribution in [2.24, 2.45) is 5.41 Å². The second-order valence-electron chi connectivity index (χ2n) is 5.80. The highest BCUT2D eigenvalue weighted by atomic mass is 32.1. The summed E-state index contributed by atoms with van der Waals surface area (Å²) < 4.78 is 13.0. The predicted octanol–water partition coefficient (Wildman–Crippen LogP) is 4.13. The van der Waals surface area contributed by atoms with Gasteiger partial charge in [-0.2, -0.15) is 0 Å². The summed E-state index contributed by atoms with van der Waals surface area (Å²) in [7, 11) is 0. The van der Waals surface area contributed by atoms with Gasteiger partial charge in [0.25, 0.3) is 0 Å². The minimum atomic E-state index is -0.308. The van der Waals surface area contributed by atoms with Crippen LogP contribution < -0.4 is 0 Å². The maximum Gasteiger partial charge on any atom is 0.142 e. The second kappa shape index (κ2) is 6.19. The molecule has 0 heterocycles. The molecule has 1 aromatic carbocycles. The van der Waals surface area contributed by atoms with Crippen molar-refractivity contribution in [2.75, 3.05) is 0 Å². The van der Waals surface area contributed by atoms with Gasteiger partial charge in [0.1, 0.15) is 11.6 Å². The van der Waals surface area contributed by atoms with Crippen molar-refractivity contribution in [3.8, 4) is 0 Å². The molecule has 1 nitrogen and oxygen atoms in total. The third-order valence-corrected chi connectivity index (χ3v) is 2.70. The average molecular weight is 266 g/mol. The molecule has 0 radical (unpaired) electrons. The third-order valence-electron chi connectivity index (χ3n) is 2.41. The monoisotopic (exact) mass is 266 g/mol. The highest BCUT2D eigenvalue weighted by molar-refractivity contribution is 7.80. The zero-order chi connectivity index (χ0) is 13.8. The van der Waals surface area contributed by atoms with Crippen molar-refractivity contribution >= 4 is 22.9 Å². The molecule has 0 fully saturated rings. The fourth-order valence-electron chi connectivity index (χ4n) is 1.81. The maximum absolute atomic E-state index is 13.0. The van der Waals surface area contributed by atoms with Crippen LogP contribution in [0.4, 0.5) is 4.39 Å². The SMILES string of the molecule is CC(C)(C)CC(=S)CC(=O)Cc1cccc(F)c1. The Bertz CT molecular complexity index is 446. The summed E-state index contributed by atoms with van der Waals surface area (Å²) in [5, 5.41) is 0. The molecule has 0 unspecified atom stereocenters. The van der Waals surface area contributed by atoms with Gasteiger partial charge < -0.3 is 0 Å². The van der Waals surface area contributed by atoms with Crippen LogP contribution in [0.2, 0.25) is 0 Å². The molecule has 0 saturated heterocycles. The Morgan fingerprint density at radius 1 is 1.33 bits per heavy atom. The molecule has 0 aromatic heterocycles. The van der Waals surface area contributed by atoms with E-state index in [0.717, 1.165) is 11.3 Å². The first kappa shape index (κ1) is 15.0. The summed E-state index contributed by atoms with van der Waals surface area (Å²) in [6.45, 7) is 6.28. The van der Waals surface area contributed by atoms with Crippen molar-refractivity contribution in [1.29, 1.82) is 0 Å². The van der Waals surface area contributed by atoms with E-state index in [1.807, 2.05) is 0 Å². The van der Waals surface area contributed by atoms with E-state index in [4.69, 9.17) is 12.2 Å². The van der Waals surface area contributed by atoms with Crippen LogP contribution in [0.5, 0.6) is 0 Å². The Kier molecular flexibility index (Phi) is 5.15. The number of thiocarbonyl (C=S) groups is 1. The zero-order valence-electron chi connectivity index (χ0n) is 11.1. The van der Waals surface area contributed by atoms with E-state index < -0.39 is 0 Å². The van der Waals surface area contributed by atoms with Crippen LogP contribution in [0.1, 0.15) is 39.2 Å². The fraction of sp³-hybridized carbons (Fsp3) is 0.467. The topological polar surface area (TPSA) is 17.1 Å². The largest absolute Gasteiger partial charge is 0.299 e. The van der Waals surface area contributed by atoms with Crippen LogP contribution in [-0.4, -0.2) is 10.6 Å². The average Bonchev–Trinajstić information content (AvgIpc) is 2.13. The summed E-state index contributed by atoms with van der Waals surface area (Å²) in [4.78, 5) is 12.6. The van der Waals surface area contributed by atoms with Crippen LogP contribution in [-0.2, 0) is 11.2 Å². The lowest BCUT2D eigenvalue weighted by Gasteiger charge is -2.18. The normalized spacial score (nSPS) is 11.3. The van der Waals surface area contributed by atoms with Gasteiger partial charge in [-0.3, -0.25) is 4.79 Å². The number of Topliss-reactive ketones (excluding diaryl/α,β-unsaturated/α-hetero) is 1. The summed E-state index contributed by atoms with van der Waals surface area (Å²) >= 11 is 5.23. The number of carbonyl (C=O) groups is 1. The molecule has 18 heavy (non-hydrogen) atoms. The Morgan fingerprint density at radius 2 is 2.00 bits per heavy atom. The van der Waals surface area contributed by atoms with Crippen LogP contribution in [0, 0.1) is 11.2 Å².